The van der Waals surface area contributed by atoms with Crippen LogP contribution in [0.3, 0.4) is 0 Å². The first kappa shape index (κ1) is 13.4. The summed E-state index contributed by atoms with van der Waals surface area (Å²) in [5.74, 6) is -0.0345. The number of carbonyl (C=O) groups excluding carboxylic acids is 1. The third kappa shape index (κ3) is 3.42. The third-order valence-corrected chi connectivity index (χ3v) is 2.58. The molecule has 2 N–H and O–H groups in total. The van der Waals surface area contributed by atoms with Crippen LogP contribution < -0.4 is 5.32 Å². The minimum atomic E-state index is -0.0345. The van der Waals surface area contributed by atoms with Gasteiger partial charge in [0.2, 0.25) is 0 Å². The van der Waals surface area contributed by atoms with E-state index in [-0.39, 0.29) is 12.5 Å². The Balaban J connectivity index is 2.85. The first-order chi connectivity index (χ1) is 8.24. The zero-order valence-electron chi connectivity index (χ0n) is 10.3. The Kier molecular flexibility index (Phi) is 5.42. The average molecular weight is 237 g/mol. The van der Waals surface area contributed by atoms with Crippen LogP contribution in [-0.4, -0.2) is 47.6 Å². The molecule has 5 heteroatoms. The van der Waals surface area contributed by atoms with Gasteiger partial charge in [-0.25, -0.2) is 0 Å². The number of pyridine rings is 1. The highest BCUT2D eigenvalue weighted by molar-refractivity contribution is 5.99. The van der Waals surface area contributed by atoms with Crippen LogP contribution in [0, 0.1) is 0 Å². The molecule has 0 saturated heterocycles. The fourth-order valence-corrected chi connectivity index (χ4v) is 1.62. The molecule has 0 unspecified atom stereocenters. The predicted octanol–water partition coefficient (Wildman–Crippen LogP) is 0.968. The summed E-state index contributed by atoms with van der Waals surface area (Å²) in [6, 6.07) is 1.70. The lowest BCUT2D eigenvalue weighted by atomic mass is 10.2. The number of hydrogen-bond donors (Lipinski definition) is 2. The number of nitrogens with one attached hydrogen (secondary N) is 1. The quantitative estimate of drug-likeness (QED) is 0.773. The molecule has 0 aliphatic carbocycles. The molecule has 17 heavy (non-hydrogen) atoms. The second kappa shape index (κ2) is 6.85. The van der Waals surface area contributed by atoms with Crippen LogP contribution in [0.25, 0.3) is 0 Å². The van der Waals surface area contributed by atoms with E-state index < -0.39 is 0 Å². The number of aliphatic hydroxyl groups excluding tert-OH is 1. The summed E-state index contributed by atoms with van der Waals surface area (Å²) < 4.78 is 0. The van der Waals surface area contributed by atoms with Crippen LogP contribution >= 0.6 is 0 Å². The molecule has 94 valence electrons. The molecule has 0 radical (unpaired) electrons. The van der Waals surface area contributed by atoms with Gasteiger partial charge >= 0.3 is 0 Å². The number of carbonyl (C=O) groups is 1. The Morgan fingerprint density at radius 3 is 2.94 bits per heavy atom. The van der Waals surface area contributed by atoms with Crippen LogP contribution in [0.2, 0.25) is 0 Å². The predicted molar refractivity (Wildman–Crippen MR) is 67.1 cm³/mol. The van der Waals surface area contributed by atoms with E-state index in [1.54, 1.807) is 30.4 Å². The number of rotatable bonds is 6. The second-order valence-corrected chi connectivity index (χ2v) is 3.63. The van der Waals surface area contributed by atoms with E-state index in [9.17, 15) is 4.79 Å². The van der Waals surface area contributed by atoms with E-state index in [1.807, 2.05) is 6.92 Å². The molecule has 1 rings (SSSR count). The summed E-state index contributed by atoms with van der Waals surface area (Å²) >= 11 is 0. The topological polar surface area (TPSA) is 65.5 Å². The highest BCUT2D eigenvalue weighted by atomic mass is 16.3. The van der Waals surface area contributed by atoms with E-state index >= 15 is 0 Å². The van der Waals surface area contributed by atoms with Gasteiger partial charge in [-0.15, -0.1) is 0 Å². The SMILES string of the molecule is CCN(CCCO)C(=O)c1ccncc1NC. The van der Waals surface area contributed by atoms with Crippen LogP contribution in [0.15, 0.2) is 18.5 Å². The fourth-order valence-electron chi connectivity index (χ4n) is 1.62. The van der Waals surface area contributed by atoms with Crippen molar-refractivity contribution in [1.82, 2.24) is 9.88 Å². The Morgan fingerprint density at radius 2 is 2.35 bits per heavy atom. The summed E-state index contributed by atoms with van der Waals surface area (Å²) in [4.78, 5) is 17.9. The molecule has 0 atom stereocenters. The number of hydrogen-bond acceptors (Lipinski definition) is 4. The van der Waals surface area contributed by atoms with Crippen molar-refractivity contribution in [2.45, 2.75) is 13.3 Å². The van der Waals surface area contributed by atoms with Crippen LogP contribution in [0.5, 0.6) is 0 Å². The van der Waals surface area contributed by atoms with Gasteiger partial charge < -0.3 is 15.3 Å². The lowest BCUT2D eigenvalue weighted by Gasteiger charge is -2.21. The maximum absolute atomic E-state index is 12.2. The average Bonchev–Trinajstić information content (AvgIpc) is 2.39. The molecule has 0 fully saturated rings. The van der Waals surface area contributed by atoms with Gasteiger partial charge in [-0.3, -0.25) is 9.78 Å². The molecule has 1 aromatic rings. The van der Waals surface area contributed by atoms with Crippen molar-refractivity contribution in [3.05, 3.63) is 24.0 Å². The Labute approximate surface area is 101 Å². The van der Waals surface area contributed by atoms with E-state index in [2.05, 4.69) is 10.3 Å². The standard InChI is InChI=1S/C12H19N3O2/c1-3-15(7-4-8-16)12(17)10-5-6-14-9-11(10)13-2/h5-6,9,13,16H,3-4,7-8H2,1-2H3. The zero-order valence-corrected chi connectivity index (χ0v) is 10.3. The molecule has 1 aromatic heterocycles. The summed E-state index contributed by atoms with van der Waals surface area (Å²) in [5.41, 5.74) is 1.34. The van der Waals surface area contributed by atoms with Crippen LogP contribution in [0.1, 0.15) is 23.7 Å². The molecule has 0 aromatic carbocycles. The highest BCUT2D eigenvalue weighted by Crippen LogP contribution is 2.15. The Morgan fingerprint density at radius 1 is 1.59 bits per heavy atom. The van der Waals surface area contributed by atoms with E-state index in [0.717, 1.165) is 5.69 Å². The maximum Gasteiger partial charge on any atom is 0.256 e. The lowest BCUT2D eigenvalue weighted by molar-refractivity contribution is 0.0755. The summed E-state index contributed by atoms with van der Waals surface area (Å²) in [6.07, 6.45) is 3.83. The fraction of sp³-hybridized carbons (Fsp3) is 0.500. The van der Waals surface area contributed by atoms with Crippen molar-refractivity contribution in [2.75, 3.05) is 32.1 Å². The molecule has 0 spiro atoms. The van der Waals surface area contributed by atoms with Crippen molar-refractivity contribution >= 4 is 11.6 Å². The van der Waals surface area contributed by atoms with E-state index in [4.69, 9.17) is 5.11 Å². The van der Waals surface area contributed by atoms with Gasteiger partial charge in [-0.2, -0.15) is 0 Å². The first-order valence-electron chi connectivity index (χ1n) is 5.76. The van der Waals surface area contributed by atoms with Gasteiger partial charge in [0.25, 0.3) is 5.91 Å². The number of nitrogens with zero attached hydrogens (tertiary/aromatic N) is 2. The van der Waals surface area contributed by atoms with Gasteiger partial charge in [0, 0.05) is 32.9 Å². The minimum absolute atomic E-state index is 0.0345. The van der Waals surface area contributed by atoms with Gasteiger partial charge in [-0.05, 0) is 19.4 Å². The van der Waals surface area contributed by atoms with Crippen molar-refractivity contribution < 1.29 is 9.90 Å². The molecule has 5 nitrogen and oxygen atoms in total. The van der Waals surface area contributed by atoms with Crippen molar-refractivity contribution in [2.24, 2.45) is 0 Å². The highest BCUT2D eigenvalue weighted by Gasteiger charge is 2.16. The monoisotopic (exact) mass is 237 g/mol. The third-order valence-electron chi connectivity index (χ3n) is 2.58. The normalized spacial score (nSPS) is 10.1. The van der Waals surface area contributed by atoms with E-state index in [0.29, 0.717) is 25.1 Å². The summed E-state index contributed by atoms with van der Waals surface area (Å²) in [5, 5.41) is 11.8. The van der Waals surface area contributed by atoms with Crippen molar-refractivity contribution in [3.63, 3.8) is 0 Å². The largest absolute Gasteiger partial charge is 0.396 e. The van der Waals surface area contributed by atoms with Crippen LogP contribution in [-0.2, 0) is 0 Å². The zero-order chi connectivity index (χ0) is 12.7. The smallest absolute Gasteiger partial charge is 0.256 e. The van der Waals surface area contributed by atoms with Crippen molar-refractivity contribution in [1.29, 1.82) is 0 Å². The second-order valence-electron chi connectivity index (χ2n) is 3.63. The van der Waals surface area contributed by atoms with Crippen LogP contribution in [0.4, 0.5) is 5.69 Å². The Hall–Kier alpha value is -1.62. The molecular weight excluding hydrogens is 218 g/mol. The lowest BCUT2D eigenvalue weighted by Crippen LogP contribution is -2.32. The minimum Gasteiger partial charge on any atom is -0.396 e. The number of anilines is 1. The molecule has 1 amide bonds. The maximum atomic E-state index is 12.2. The first-order valence-corrected chi connectivity index (χ1v) is 5.76. The molecular formula is C12H19N3O2. The van der Waals surface area contributed by atoms with Gasteiger partial charge in [0.05, 0.1) is 17.4 Å². The number of aromatic nitrogens is 1. The molecule has 0 saturated carbocycles. The molecule has 1 heterocycles. The summed E-state index contributed by atoms with van der Waals surface area (Å²) in [7, 11) is 1.76. The summed E-state index contributed by atoms with van der Waals surface area (Å²) in [6.45, 7) is 3.22. The molecule has 0 aliphatic heterocycles. The molecule has 0 bridgehead atoms. The number of amides is 1. The number of aliphatic hydroxyl groups is 1. The Bertz CT molecular complexity index is 369. The molecule has 0 aliphatic rings. The van der Waals surface area contributed by atoms with E-state index in [1.165, 1.54) is 0 Å². The van der Waals surface area contributed by atoms with Gasteiger partial charge in [0.1, 0.15) is 0 Å². The van der Waals surface area contributed by atoms with Crippen molar-refractivity contribution in [3.8, 4) is 0 Å². The van der Waals surface area contributed by atoms with Gasteiger partial charge in [-0.1, -0.05) is 0 Å². The van der Waals surface area contributed by atoms with Gasteiger partial charge in [0.15, 0.2) is 0 Å².